The maximum atomic E-state index is 12.2. The molecule has 1 saturated carbocycles. The average molecular weight is 376 g/mol. The summed E-state index contributed by atoms with van der Waals surface area (Å²) in [6.07, 6.45) is 2.16. The molecule has 1 aromatic rings. The lowest BCUT2D eigenvalue weighted by atomic mass is 9.85. The molecule has 1 aromatic carbocycles. The number of benzene rings is 1. The summed E-state index contributed by atoms with van der Waals surface area (Å²) in [5.41, 5.74) is 1.40. The highest BCUT2D eigenvalue weighted by Gasteiger charge is 2.34. The van der Waals surface area contributed by atoms with E-state index in [4.69, 9.17) is 9.47 Å². The molecule has 7 heteroatoms. The molecule has 0 spiro atoms. The first-order valence-electron chi connectivity index (χ1n) is 9.64. The molecule has 2 amide bonds. The lowest BCUT2D eigenvalue weighted by Gasteiger charge is -2.38. The van der Waals surface area contributed by atoms with Crippen molar-refractivity contribution in [3.05, 3.63) is 29.8 Å². The van der Waals surface area contributed by atoms with Crippen molar-refractivity contribution in [2.24, 2.45) is 5.92 Å². The number of ether oxygens (including phenoxy) is 2. The quantitative estimate of drug-likeness (QED) is 0.675. The van der Waals surface area contributed by atoms with Crippen molar-refractivity contribution in [1.29, 1.82) is 0 Å². The fourth-order valence-electron chi connectivity index (χ4n) is 3.38. The molecular formula is C20H28N2O5. The van der Waals surface area contributed by atoms with Crippen molar-refractivity contribution in [2.45, 2.75) is 38.3 Å². The number of anilines is 1. The Hall–Kier alpha value is -1.96. The van der Waals surface area contributed by atoms with Crippen LogP contribution in [-0.4, -0.2) is 60.8 Å². The van der Waals surface area contributed by atoms with Crippen LogP contribution in [0.3, 0.4) is 0 Å². The first kappa shape index (κ1) is 19.8. The van der Waals surface area contributed by atoms with Crippen molar-refractivity contribution in [2.75, 3.05) is 38.3 Å². The molecule has 0 unspecified atom stereocenters. The molecule has 0 radical (unpaired) electrons. The SMILES string of the molecule is CCOCCN1C(=O)COC[C@@H]1[C@H](O)c1ccc(NC(=O)C2CCC2)cc1. The molecule has 2 atom stereocenters. The number of aliphatic hydroxyl groups is 1. The first-order chi connectivity index (χ1) is 13.1. The lowest BCUT2D eigenvalue weighted by molar-refractivity contribution is -0.155. The van der Waals surface area contributed by atoms with Gasteiger partial charge in [-0.15, -0.1) is 0 Å². The van der Waals surface area contributed by atoms with Gasteiger partial charge in [-0.25, -0.2) is 0 Å². The lowest BCUT2D eigenvalue weighted by Crippen LogP contribution is -2.53. The number of aliphatic hydroxyl groups excluding tert-OH is 1. The van der Waals surface area contributed by atoms with Gasteiger partial charge in [-0.3, -0.25) is 9.59 Å². The Labute approximate surface area is 159 Å². The fourth-order valence-corrected chi connectivity index (χ4v) is 3.38. The highest BCUT2D eigenvalue weighted by Crippen LogP contribution is 2.28. The van der Waals surface area contributed by atoms with E-state index in [-0.39, 0.29) is 30.9 Å². The van der Waals surface area contributed by atoms with E-state index in [9.17, 15) is 14.7 Å². The molecule has 2 N–H and O–H groups in total. The highest BCUT2D eigenvalue weighted by atomic mass is 16.5. The minimum absolute atomic E-state index is 0.0292. The smallest absolute Gasteiger partial charge is 0.249 e. The maximum Gasteiger partial charge on any atom is 0.249 e. The average Bonchev–Trinajstić information content (AvgIpc) is 2.61. The van der Waals surface area contributed by atoms with Crippen molar-refractivity contribution >= 4 is 17.5 Å². The van der Waals surface area contributed by atoms with Crippen LogP contribution in [0.15, 0.2) is 24.3 Å². The second-order valence-corrected chi connectivity index (χ2v) is 7.05. The van der Waals surface area contributed by atoms with Gasteiger partial charge >= 0.3 is 0 Å². The van der Waals surface area contributed by atoms with Crippen LogP contribution < -0.4 is 5.32 Å². The van der Waals surface area contributed by atoms with Gasteiger partial charge in [-0.1, -0.05) is 18.6 Å². The predicted molar refractivity (Wildman–Crippen MR) is 100 cm³/mol. The summed E-state index contributed by atoms with van der Waals surface area (Å²) in [6, 6.07) is 6.67. The van der Waals surface area contributed by atoms with Gasteiger partial charge in [-0.2, -0.15) is 0 Å². The third kappa shape index (κ3) is 4.86. The minimum atomic E-state index is -0.868. The van der Waals surface area contributed by atoms with Gasteiger partial charge in [0.15, 0.2) is 0 Å². The van der Waals surface area contributed by atoms with Crippen LogP contribution in [0.1, 0.15) is 37.9 Å². The molecular weight excluding hydrogens is 348 g/mol. The fraction of sp³-hybridized carbons (Fsp3) is 0.600. The van der Waals surface area contributed by atoms with Crippen LogP contribution in [-0.2, 0) is 19.1 Å². The summed E-state index contributed by atoms with van der Waals surface area (Å²) in [7, 11) is 0. The van der Waals surface area contributed by atoms with E-state index in [1.807, 2.05) is 6.92 Å². The van der Waals surface area contributed by atoms with Crippen molar-refractivity contribution < 1.29 is 24.2 Å². The molecule has 0 aromatic heterocycles. The molecule has 27 heavy (non-hydrogen) atoms. The molecule has 1 saturated heterocycles. The summed E-state index contributed by atoms with van der Waals surface area (Å²) in [5, 5.41) is 13.7. The number of nitrogens with zero attached hydrogens (tertiary/aromatic N) is 1. The van der Waals surface area contributed by atoms with E-state index in [0.29, 0.717) is 31.0 Å². The van der Waals surface area contributed by atoms with Gasteiger partial charge in [0.2, 0.25) is 11.8 Å². The number of rotatable bonds is 8. The zero-order valence-electron chi connectivity index (χ0n) is 15.7. The minimum Gasteiger partial charge on any atom is -0.386 e. The summed E-state index contributed by atoms with van der Waals surface area (Å²) in [4.78, 5) is 25.9. The Kier molecular flexibility index (Phi) is 6.82. The van der Waals surface area contributed by atoms with E-state index < -0.39 is 12.1 Å². The van der Waals surface area contributed by atoms with E-state index in [1.165, 1.54) is 0 Å². The van der Waals surface area contributed by atoms with Gasteiger partial charge < -0.3 is 24.8 Å². The molecule has 0 bridgehead atoms. The monoisotopic (exact) mass is 376 g/mol. The molecule has 1 aliphatic heterocycles. The number of amides is 2. The number of carbonyl (C=O) groups is 2. The number of morpholine rings is 1. The second kappa shape index (κ2) is 9.30. The van der Waals surface area contributed by atoms with Crippen molar-refractivity contribution in [3.8, 4) is 0 Å². The Balaban J connectivity index is 1.63. The standard InChI is InChI=1S/C20H28N2O5/c1-2-26-11-10-22-17(12-27-13-18(22)23)19(24)14-6-8-16(9-7-14)21-20(25)15-4-3-5-15/h6-9,15,17,19,24H,2-5,10-13H2,1H3,(H,21,25)/t17-,19-/m1/s1. The highest BCUT2D eigenvalue weighted by molar-refractivity contribution is 5.93. The van der Waals surface area contributed by atoms with E-state index in [1.54, 1.807) is 29.2 Å². The summed E-state index contributed by atoms with van der Waals surface area (Å²) < 4.78 is 10.7. The normalized spacial score (nSPS) is 21.6. The Morgan fingerprint density at radius 3 is 2.74 bits per heavy atom. The number of carbonyl (C=O) groups excluding carboxylic acids is 2. The molecule has 2 fully saturated rings. The third-order valence-corrected chi connectivity index (χ3v) is 5.28. The Bertz CT molecular complexity index is 644. The van der Waals surface area contributed by atoms with Crippen LogP contribution in [0.4, 0.5) is 5.69 Å². The molecule has 148 valence electrons. The Morgan fingerprint density at radius 2 is 2.11 bits per heavy atom. The van der Waals surface area contributed by atoms with Gasteiger partial charge in [0.05, 0.1) is 19.3 Å². The number of hydrogen-bond donors (Lipinski definition) is 2. The Morgan fingerprint density at radius 1 is 1.37 bits per heavy atom. The molecule has 7 nitrogen and oxygen atoms in total. The van der Waals surface area contributed by atoms with Gasteiger partial charge in [0, 0.05) is 24.8 Å². The van der Waals surface area contributed by atoms with Gasteiger partial charge in [0.1, 0.15) is 12.7 Å². The third-order valence-electron chi connectivity index (χ3n) is 5.28. The summed E-state index contributed by atoms with van der Waals surface area (Å²) >= 11 is 0. The van der Waals surface area contributed by atoms with Crippen molar-refractivity contribution in [1.82, 2.24) is 4.90 Å². The zero-order valence-corrected chi connectivity index (χ0v) is 15.7. The topological polar surface area (TPSA) is 88.1 Å². The van der Waals surface area contributed by atoms with Gasteiger partial charge in [-0.05, 0) is 37.5 Å². The second-order valence-electron chi connectivity index (χ2n) is 7.05. The largest absolute Gasteiger partial charge is 0.386 e. The number of hydrogen-bond acceptors (Lipinski definition) is 5. The first-order valence-corrected chi connectivity index (χ1v) is 9.64. The van der Waals surface area contributed by atoms with Crippen LogP contribution in [0, 0.1) is 5.92 Å². The summed E-state index contributed by atoms with van der Waals surface area (Å²) in [5.74, 6) is 0.0388. The number of nitrogens with one attached hydrogen (secondary N) is 1. The summed E-state index contributed by atoms with van der Waals surface area (Å²) in [6.45, 7) is 3.64. The van der Waals surface area contributed by atoms with E-state index in [0.717, 1.165) is 19.3 Å². The zero-order chi connectivity index (χ0) is 19.2. The maximum absolute atomic E-state index is 12.2. The van der Waals surface area contributed by atoms with Crippen LogP contribution in [0.5, 0.6) is 0 Å². The van der Waals surface area contributed by atoms with Gasteiger partial charge in [0.25, 0.3) is 0 Å². The van der Waals surface area contributed by atoms with Crippen LogP contribution in [0.2, 0.25) is 0 Å². The predicted octanol–water partition coefficient (Wildman–Crippen LogP) is 1.72. The van der Waals surface area contributed by atoms with Crippen molar-refractivity contribution in [3.63, 3.8) is 0 Å². The molecule has 2 aliphatic rings. The molecule has 3 rings (SSSR count). The van der Waals surface area contributed by atoms with E-state index >= 15 is 0 Å². The van der Waals surface area contributed by atoms with E-state index in [2.05, 4.69) is 5.32 Å². The molecule has 1 heterocycles. The molecule has 1 aliphatic carbocycles. The van der Waals surface area contributed by atoms with Crippen LogP contribution >= 0.6 is 0 Å². The van der Waals surface area contributed by atoms with Crippen LogP contribution in [0.25, 0.3) is 0 Å².